The van der Waals surface area contributed by atoms with E-state index in [-0.39, 0.29) is 12.1 Å². The first-order valence-electron chi connectivity index (χ1n) is 7.33. The highest BCUT2D eigenvalue weighted by Crippen LogP contribution is 2.38. The SMILES string of the molecule is CNC1(CO)CCCC1CCSCc1ccccc1Cl. The highest BCUT2D eigenvalue weighted by atomic mass is 35.5. The number of rotatable bonds is 7. The first-order valence-corrected chi connectivity index (χ1v) is 8.86. The summed E-state index contributed by atoms with van der Waals surface area (Å²) in [5, 5.41) is 13.9. The molecule has 0 heterocycles. The largest absolute Gasteiger partial charge is 0.394 e. The lowest BCUT2D eigenvalue weighted by atomic mass is 9.86. The lowest BCUT2D eigenvalue weighted by Crippen LogP contribution is -2.49. The fraction of sp³-hybridized carbons (Fsp3) is 0.625. The molecule has 2 unspecified atom stereocenters. The molecule has 1 aliphatic rings. The highest BCUT2D eigenvalue weighted by Gasteiger charge is 2.40. The fourth-order valence-electron chi connectivity index (χ4n) is 3.20. The van der Waals surface area contributed by atoms with E-state index in [1.54, 1.807) is 0 Å². The second-order valence-electron chi connectivity index (χ2n) is 5.59. The van der Waals surface area contributed by atoms with E-state index in [1.807, 2.05) is 37.0 Å². The average molecular weight is 314 g/mol. The Labute approximate surface area is 131 Å². The number of thioether (sulfide) groups is 1. The van der Waals surface area contributed by atoms with Crippen LogP contribution in [0, 0.1) is 5.92 Å². The summed E-state index contributed by atoms with van der Waals surface area (Å²) in [4.78, 5) is 0. The van der Waals surface area contributed by atoms with Crippen molar-refractivity contribution in [3.05, 3.63) is 34.9 Å². The zero-order valence-corrected chi connectivity index (χ0v) is 13.6. The molecule has 1 aliphatic carbocycles. The van der Waals surface area contributed by atoms with Gasteiger partial charge in [0.2, 0.25) is 0 Å². The number of hydrogen-bond acceptors (Lipinski definition) is 3. The van der Waals surface area contributed by atoms with Gasteiger partial charge in [0.25, 0.3) is 0 Å². The standard InChI is InChI=1S/C16H24ClNOS/c1-18-16(12-19)9-4-6-14(16)8-10-20-11-13-5-2-3-7-15(13)17/h2-3,5,7,14,18-19H,4,6,8-12H2,1H3. The van der Waals surface area contributed by atoms with Gasteiger partial charge in [-0.3, -0.25) is 0 Å². The van der Waals surface area contributed by atoms with Crippen molar-refractivity contribution in [2.24, 2.45) is 5.92 Å². The van der Waals surface area contributed by atoms with E-state index in [1.165, 1.54) is 18.4 Å². The molecule has 112 valence electrons. The van der Waals surface area contributed by atoms with Crippen molar-refractivity contribution in [1.29, 1.82) is 0 Å². The molecule has 20 heavy (non-hydrogen) atoms. The van der Waals surface area contributed by atoms with Crippen molar-refractivity contribution < 1.29 is 5.11 Å². The summed E-state index contributed by atoms with van der Waals surface area (Å²) >= 11 is 8.10. The molecule has 0 saturated heterocycles. The van der Waals surface area contributed by atoms with Crippen molar-refractivity contribution in [3.63, 3.8) is 0 Å². The Kier molecular flexibility index (Phi) is 6.21. The monoisotopic (exact) mass is 313 g/mol. The molecule has 0 aliphatic heterocycles. The van der Waals surface area contributed by atoms with Crippen LogP contribution < -0.4 is 5.32 Å². The van der Waals surface area contributed by atoms with Crippen LogP contribution in [0.2, 0.25) is 5.02 Å². The lowest BCUT2D eigenvalue weighted by molar-refractivity contribution is 0.130. The van der Waals surface area contributed by atoms with Crippen molar-refractivity contribution in [2.45, 2.75) is 37.0 Å². The minimum atomic E-state index is -0.0368. The van der Waals surface area contributed by atoms with Gasteiger partial charge in [0.1, 0.15) is 0 Å². The van der Waals surface area contributed by atoms with Crippen LogP contribution in [-0.4, -0.2) is 30.1 Å². The molecule has 0 spiro atoms. The second kappa shape index (κ2) is 7.69. The van der Waals surface area contributed by atoms with Gasteiger partial charge < -0.3 is 10.4 Å². The first kappa shape index (κ1) is 16.2. The molecule has 0 amide bonds. The normalized spacial score (nSPS) is 26.1. The third-order valence-corrected chi connectivity index (χ3v) is 5.97. The van der Waals surface area contributed by atoms with Crippen molar-refractivity contribution in [1.82, 2.24) is 5.32 Å². The molecule has 0 bridgehead atoms. The van der Waals surface area contributed by atoms with Crippen molar-refractivity contribution in [3.8, 4) is 0 Å². The molecule has 2 rings (SSSR count). The van der Waals surface area contributed by atoms with Gasteiger partial charge in [0.05, 0.1) is 6.61 Å². The van der Waals surface area contributed by atoms with Gasteiger partial charge in [-0.05, 0) is 49.6 Å². The summed E-state index contributed by atoms with van der Waals surface area (Å²) in [7, 11) is 1.98. The van der Waals surface area contributed by atoms with Crippen molar-refractivity contribution >= 4 is 23.4 Å². The van der Waals surface area contributed by atoms with E-state index in [2.05, 4.69) is 11.4 Å². The molecule has 0 radical (unpaired) electrons. The van der Waals surface area contributed by atoms with Crippen LogP contribution in [0.3, 0.4) is 0 Å². The smallest absolute Gasteiger partial charge is 0.0615 e. The number of aliphatic hydroxyl groups excluding tert-OH is 1. The zero-order valence-electron chi connectivity index (χ0n) is 12.1. The Morgan fingerprint density at radius 1 is 1.45 bits per heavy atom. The molecule has 2 nitrogen and oxygen atoms in total. The van der Waals surface area contributed by atoms with Crippen LogP contribution in [0.25, 0.3) is 0 Å². The van der Waals surface area contributed by atoms with Gasteiger partial charge in [0, 0.05) is 16.3 Å². The summed E-state index contributed by atoms with van der Waals surface area (Å²) in [6.07, 6.45) is 4.71. The van der Waals surface area contributed by atoms with E-state index in [0.29, 0.717) is 5.92 Å². The summed E-state index contributed by atoms with van der Waals surface area (Å²) < 4.78 is 0. The number of halogens is 1. The second-order valence-corrected chi connectivity index (χ2v) is 7.10. The maximum atomic E-state index is 9.67. The Hall–Kier alpha value is -0.220. The van der Waals surface area contributed by atoms with Gasteiger partial charge >= 0.3 is 0 Å². The Morgan fingerprint density at radius 2 is 2.25 bits per heavy atom. The van der Waals surface area contributed by atoms with E-state index in [0.717, 1.165) is 29.4 Å². The zero-order chi connectivity index (χ0) is 14.4. The topological polar surface area (TPSA) is 32.3 Å². The molecule has 1 aromatic carbocycles. The third kappa shape index (κ3) is 3.70. The Bertz CT molecular complexity index is 423. The van der Waals surface area contributed by atoms with Crippen LogP contribution in [0.15, 0.2) is 24.3 Å². The van der Waals surface area contributed by atoms with E-state index < -0.39 is 0 Å². The number of benzene rings is 1. The molecule has 2 atom stereocenters. The van der Waals surface area contributed by atoms with Gasteiger partial charge in [0.15, 0.2) is 0 Å². The minimum absolute atomic E-state index is 0.0368. The van der Waals surface area contributed by atoms with Gasteiger partial charge in [-0.15, -0.1) is 0 Å². The Morgan fingerprint density at radius 3 is 2.95 bits per heavy atom. The minimum Gasteiger partial charge on any atom is -0.394 e. The van der Waals surface area contributed by atoms with Crippen LogP contribution >= 0.6 is 23.4 Å². The fourth-order valence-corrected chi connectivity index (χ4v) is 4.55. The number of likely N-dealkylation sites (N-methyl/N-ethyl adjacent to an activating group) is 1. The molecule has 1 fully saturated rings. The summed E-state index contributed by atoms with van der Waals surface area (Å²) in [5.41, 5.74) is 1.18. The highest BCUT2D eigenvalue weighted by molar-refractivity contribution is 7.98. The van der Waals surface area contributed by atoms with Gasteiger partial charge in [-0.2, -0.15) is 11.8 Å². The van der Waals surface area contributed by atoms with E-state index in [9.17, 15) is 5.11 Å². The molecule has 4 heteroatoms. The summed E-state index contributed by atoms with van der Waals surface area (Å²) in [6, 6.07) is 8.05. The first-order chi connectivity index (χ1) is 9.72. The average Bonchev–Trinajstić information content (AvgIpc) is 2.89. The van der Waals surface area contributed by atoms with E-state index >= 15 is 0 Å². The Balaban J connectivity index is 1.77. The number of hydrogen-bond donors (Lipinski definition) is 2. The van der Waals surface area contributed by atoms with Crippen LogP contribution in [-0.2, 0) is 5.75 Å². The van der Waals surface area contributed by atoms with Crippen LogP contribution in [0.1, 0.15) is 31.2 Å². The third-order valence-electron chi connectivity index (χ3n) is 4.56. The molecular weight excluding hydrogens is 290 g/mol. The maximum absolute atomic E-state index is 9.67. The molecule has 0 aromatic heterocycles. The summed E-state index contributed by atoms with van der Waals surface area (Å²) in [5.74, 6) is 2.69. The lowest BCUT2D eigenvalue weighted by Gasteiger charge is -2.33. The number of nitrogens with one attached hydrogen (secondary N) is 1. The molecular formula is C16H24ClNOS. The predicted octanol–water partition coefficient (Wildman–Crippen LogP) is 3.71. The molecule has 2 N–H and O–H groups in total. The predicted molar refractivity (Wildman–Crippen MR) is 88.4 cm³/mol. The van der Waals surface area contributed by atoms with Crippen LogP contribution in [0.4, 0.5) is 0 Å². The van der Waals surface area contributed by atoms with Gasteiger partial charge in [-0.1, -0.05) is 36.2 Å². The quantitative estimate of drug-likeness (QED) is 0.753. The maximum Gasteiger partial charge on any atom is 0.0615 e. The molecule has 1 aromatic rings. The molecule has 1 saturated carbocycles. The van der Waals surface area contributed by atoms with E-state index in [4.69, 9.17) is 11.6 Å². The van der Waals surface area contributed by atoms with Crippen molar-refractivity contribution in [2.75, 3.05) is 19.4 Å². The summed E-state index contributed by atoms with van der Waals surface area (Å²) in [6.45, 7) is 0.253. The van der Waals surface area contributed by atoms with Gasteiger partial charge in [-0.25, -0.2) is 0 Å². The van der Waals surface area contributed by atoms with Crippen LogP contribution in [0.5, 0.6) is 0 Å². The number of aliphatic hydroxyl groups is 1.